The SMILES string of the molecule is O=C(c1cccc(C(F)(F)F)c1F)N1CCC(=O)N2C[C@H](Oc3ccc(C4CC4)cn3)C[C@H]2C1. The first-order chi connectivity index (χ1) is 16.2. The standard InChI is InChI=1S/C24H23F4N3O3/c25-22-18(2-1-3-19(22)24(26,27)28)23(33)30-9-8-21(32)31-13-17(10-16(31)12-30)34-20-7-6-15(11-29-20)14-4-5-14/h1-3,6-7,11,14,16-17H,4-5,8-10,12-13H2/t16-,17+/m0/s1. The topological polar surface area (TPSA) is 62.7 Å². The molecule has 34 heavy (non-hydrogen) atoms. The predicted octanol–water partition coefficient (Wildman–Crippen LogP) is 4.01. The Hall–Kier alpha value is -3.17. The largest absolute Gasteiger partial charge is 0.472 e. The zero-order valence-corrected chi connectivity index (χ0v) is 18.2. The van der Waals surface area contributed by atoms with Crippen LogP contribution in [0.1, 0.15) is 53.1 Å². The molecule has 2 saturated heterocycles. The van der Waals surface area contributed by atoms with Crippen molar-refractivity contribution in [2.24, 2.45) is 0 Å². The van der Waals surface area contributed by atoms with E-state index >= 15 is 0 Å². The number of amides is 2. The van der Waals surface area contributed by atoms with Gasteiger partial charge in [0.1, 0.15) is 11.9 Å². The molecule has 5 rings (SSSR count). The number of hydrogen-bond donors (Lipinski definition) is 0. The lowest BCUT2D eigenvalue weighted by atomic mass is 10.1. The van der Waals surface area contributed by atoms with E-state index in [1.807, 2.05) is 12.1 Å². The molecule has 3 aliphatic rings. The molecular weight excluding hydrogens is 454 g/mol. The van der Waals surface area contributed by atoms with Gasteiger partial charge in [0, 0.05) is 38.2 Å². The van der Waals surface area contributed by atoms with Crippen LogP contribution in [0, 0.1) is 5.82 Å². The molecule has 10 heteroatoms. The minimum absolute atomic E-state index is 0.00385. The molecule has 6 nitrogen and oxygen atoms in total. The molecule has 0 spiro atoms. The summed E-state index contributed by atoms with van der Waals surface area (Å²) in [6.45, 7) is 0.430. The van der Waals surface area contributed by atoms with Gasteiger partial charge in [-0.15, -0.1) is 0 Å². The van der Waals surface area contributed by atoms with Gasteiger partial charge in [0.2, 0.25) is 11.8 Å². The highest BCUT2D eigenvalue weighted by molar-refractivity contribution is 5.95. The number of carbonyl (C=O) groups excluding carboxylic acids is 2. The molecule has 3 fully saturated rings. The van der Waals surface area contributed by atoms with E-state index in [1.54, 1.807) is 11.1 Å². The number of pyridine rings is 1. The summed E-state index contributed by atoms with van der Waals surface area (Å²) in [5.41, 5.74) is -0.958. The molecule has 2 aliphatic heterocycles. The van der Waals surface area contributed by atoms with Crippen molar-refractivity contribution in [3.8, 4) is 5.88 Å². The minimum Gasteiger partial charge on any atom is -0.472 e. The summed E-state index contributed by atoms with van der Waals surface area (Å²) in [5, 5.41) is 0. The average Bonchev–Trinajstić information content (AvgIpc) is 3.59. The average molecular weight is 477 g/mol. The van der Waals surface area contributed by atoms with E-state index < -0.39 is 29.0 Å². The van der Waals surface area contributed by atoms with E-state index in [1.165, 1.54) is 23.3 Å². The highest BCUT2D eigenvalue weighted by Crippen LogP contribution is 2.40. The number of ether oxygens (including phenoxy) is 1. The highest BCUT2D eigenvalue weighted by Gasteiger charge is 2.41. The van der Waals surface area contributed by atoms with Crippen molar-refractivity contribution >= 4 is 11.8 Å². The molecule has 1 aromatic carbocycles. The second kappa shape index (κ2) is 8.56. The molecule has 0 bridgehead atoms. The van der Waals surface area contributed by atoms with Gasteiger partial charge in [-0.2, -0.15) is 13.2 Å². The maximum absolute atomic E-state index is 14.5. The zero-order valence-electron chi connectivity index (χ0n) is 18.2. The van der Waals surface area contributed by atoms with Gasteiger partial charge in [-0.3, -0.25) is 9.59 Å². The van der Waals surface area contributed by atoms with Crippen LogP contribution in [-0.4, -0.2) is 58.4 Å². The Bertz CT molecular complexity index is 1100. The van der Waals surface area contributed by atoms with Gasteiger partial charge in [-0.1, -0.05) is 12.1 Å². The number of carbonyl (C=O) groups is 2. The van der Waals surface area contributed by atoms with Crippen molar-refractivity contribution in [2.75, 3.05) is 19.6 Å². The molecular formula is C24H23F4N3O3. The summed E-state index contributed by atoms with van der Waals surface area (Å²) < 4.78 is 59.7. The van der Waals surface area contributed by atoms with Crippen molar-refractivity contribution in [1.82, 2.24) is 14.8 Å². The smallest absolute Gasteiger partial charge is 0.419 e. The fourth-order valence-corrected chi connectivity index (χ4v) is 4.72. The summed E-state index contributed by atoms with van der Waals surface area (Å²) in [5.74, 6) is -1.60. The van der Waals surface area contributed by atoms with E-state index in [0.29, 0.717) is 30.8 Å². The zero-order chi connectivity index (χ0) is 24.0. The fraction of sp³-hybridized carbons (Fsp3) is 0.458. The summed E-state index contributed by atoms with van der Waals surface area (Å²) in [7, 11) is 0. The Morgan fingerprint density at radius 2 is 1.91 bits per heavy atom. The fourth-order valence-electron chi connectivity index (χ4n) is 4.72. The Labute approximate surface area is 193 Å². The number of hydrogen-bond acceptors (Lipinski definition) is 4. The van der Waals surface area contributed by atoms with E-state index in [-0.39, 0.29) is 37.6 Å². The molecule has 1 saturated carbocycles. The van der Waals surface area contributed by atoms with Crippen LogP contribution in [0.3, 0.4) is 0 Å². The van der Waals surface area contributed by atoms with Crippen LogP contribution in [-0.2, 0) is 11.0 Å². The molecule has 0 radical (unpaired) electrons. The first kappa shape index (κ1) is 22.6. The third-order valence-electron chi connectivity index (χ3n) is 6.64. The molecule has 0 N–H and O–H groups in total. The summed E-state index contributed by atoms with van der Waals surface area (Å²) in [6.07, 6.45) is -0.654. The maximum Gasteiger partial charge on any atom is 0.419 e. The van der Waals surface area contributed by atoms with Gasteiger partial charge in [0.15, 0.2) is 0 Å². The van der Waals surface area contributed by atoms with Crippen LogP contribution in [0.2, 0.25) is 0 Å². The second-order valence-electron chi connectivity index (χ2n) is 9.05. The van der Waals surface area contributed by atoms with Gasteiger partial charge in [-0.25, -0.2) is 9.37 Å². The Morgan fingerprint density at radius 1 is 1.12 bits per heavy atom. The van der Waals surface area contributed by atoms with Crippen LogP contribution in [0.4, 0.5) is 17.6 Å². The van der Waals surface area contributed by atoms with Crippen LogP contribution in [0.15, 0.2) is 36.5 Å². The predicted molar refractivity (Wildman–Crippen MR) is 113 cm³/mol. The van der Waals surface area contributed by atoms with Crippen molar-refractivity contribution in [1.29, 1.82) is 0 Å². The number of fused-ring (bicyclic) bond motifs is 1. The Morgan fingerprint density at radius 3 is 2.59 bits per heavy atom. The molecule has 2 aromatic rings. The number of nitrogens with zero attached hydrogens (tertiary/aromatic N) is 3. The number of rotatable bonds is 4. The lowest BCUT2D eigenvalue weighted by molar-refractivity contribution is -0.140. The van der Waals surface area contributed by atoms with Crippen LogP contribution >= 0.6 is 0 Å². The summed E-state index contributed by atoms with van der Waals surface area (Å²) >= 11 is 0. The van der Waals surface area contributed by atoms with Crippen molar-refractivity contribution in [2.45, 2.75) is 49.9 Å². The van der Waals surface area contributed by atoms with Gasteiger partial charge in [0.05, 0.1) is 23.7 Å². The monoisotopic (exact) mass is 477 g/mol. The third kappa shape index (κ3) is 4.45. The number of benzene rings is 1. The molecule has 180 valence electrons. The summed E-state index contributed by atoms with van der Waals surface area (Å²) in [4.78, 5) is 32.9. The van der Waals surface area contributed by atoms with E-state index in [9.17, 15) is 27.2 Å². The maximum atomic E-state index is 14.5. The van der Waals surface area contributed by atoms with Gasteiger partial charge < -0.3 is 14.5 Å². The van der Waals surface area contributed by atoms with E-state index in [2.05, 4.69) is 4.98 Å². The highest BCUT2D eigenvalue weighted by atomic mass is 19.4. The van der Waals surface area contributed by atoms with Crippen LogP contribution in [0.25, 0.3) is 0 Å². The molecule has 2 atom stereocenters. The van der Waals surface area contributed by atoms with Crippen molar-refractivity contribution in [3.05, 3.63) is 59.0 Å². The van der Waals surface area contributed by atoms with Gasteiger partial charge >= 0.3 is 6.18 Å². The molecule has 2 amide bonds. The second-order valence-corrected chi connectivity index (χ2v) is 9.05. The lowest BCUT2D eigenvalue weighted by Gasteiger charge is -2.25. The number of halogens is 4. The van der Waals surface area contributed by atoms with Crippen molar-refractivity contribution in [3.63, 3.8) is 0 Å². The molecule has 1 aliphatic carbocycles. The van der Waals surface area contributed by atoms with Crippen molar-refractivity contribution < 1.29 is 31.9 Å². The van der Waals surface area contributed by atoms with Crippen LogP contribution in [0.5, 0.6) is 5.88 Å². The molecule has 0 unspecified atom stereocenters. The third-order valence-corrected chi connectivity index (χ3v) is 6.64. The molecule has 3 heterocycles. The van der Waals surface area contributed by atoms with Crippen LogP contribution < -0.4 is 4.74 Å². The lowest BCUT2D eigenvalue weighted by Crippen LogP contribution is -2.41. The minimum atomic E-state index is -4.91. The number of alkyl halides is 3. The summed E-state index contributed by atoms with van der Waals surface area (Å²) in [6, 6.07) is 6.07. The Kier molecular flexibility index (Phi) is 5.69. The first-order valence-corrected chi connectivity index (χ1v) is 11.3. The van der Waals surface area contributed by atoms with Gasteiger partial charge in [0.25, 0.3) is 5.91 Å². The molecule has 1 aromatic heterocycles. The van der Waals surface area contributed by atoms with Gasteiger partial charge in [-0.05, 0) is 36.5 Å². The number of aromatic nitrogens is 1. The Balaban J connectivity index is 1.29. The van der Waals surface area contributed by atoms with E-state index in [4.69, 9.17) is 4.74 Å². The quantitative estimate of drug-likeness (QED) is 0.625. The normalized spacial score (nSPS) is 23.0. The first-order valence-electron chi connectivity index (χ1n) is 11.3. The van der Waals surface area contributed by atoms with E-state index in [0.717, 1.165) is 12.1 Å².